The van der Waals surface area contributed by atoms with E-state index in [1.54, 1.807) is 7.11 Å². The maximum absolute atomic E-state index is 12.1. The molecule has 2 aromatic rings. The molecule has 2 rings (SSSR count). The number of nitrogens with one attached hydrogen (secondary N) is 1. The van der Waals surface area contributed by atoms with Gasteiger partial charge in [-0.3, -0.25) is 10.3 Å². The summed E-state index contributed by atoms with van der Waals surface area (Å²) in [6, 6.07) is 9.60. The molecule has 0 aliphatic rings. The van der Waals surface area contributed by atoms with Crippen LogP contribution in [0.15, 0.2) is 35.3 Å². The number of rotatable bonds is 4. The Morgan fingerprint density at radius 2 is 2.00 bits per heavy atom. The van der Waals surface area contributed by atoms with Gasteiger partial charge in [-0.2, -0.15) is 0 Å². The highest BCUT2D eigenvalue weighted by Crippen LogP contribution is 2.30. The number of fused-ring (bicyclic) bond motifs is 1. The SMILES string of the molecule is C=NCc1cc(NC(=O)OC(C)(C)C)c2cc(OC)ccc2c1. The summed E-state index contributed by atoms with van der Waals surface area (Å²) in [5, 5.41) is 4.67. The molecule has 0 aliphatic carbocycles. The lowest BCUT2D eigenvalue weighted by atomic mass is 10.0. The summed E-state index contributed by atoms with van der Waals surface area (Å²) in [4.78, 5) is 16.0. The molecular formula is C18H22N2O3. The van der Waals surface area contributed by atoms with Crippen molar-refractivity contribution in [3.05, 3.63) is 35.9 Å². The number of methoxy groups -OCH3 is 1. The highest BCUT2D eigenvalue weighted by atomic mass is 16.6. The summed E-state index contributed by atoms with van der Waals surface area (Å²) in [6.45, 7) is 9.47. The van der Waals surface area contributed by atoms with Crippen LogP contribution in [-0.4, -0.2) is 25.5 Å². The van der Waals surface area contributed by atoms with E-state index in [0.717, 1.165) is 22.1 Å². The molecule has 0 saturated carbocycles. The quantitative estimate of drug-likeness (QED) is 0.851. The Labute approximate surface area is 136 Å². The van der Waals surface area contributed by atoms with Crippen molar-refractivity contribution in [1.82, 2.24) is 0 Å². The third-order valence-corrected chi connectivity index (χ3v) is 3.15. The standard InChI is InChI=1S/C18H22N2O3/c1-18(2,3)23-17(21)20-16-9-12(11-19-4)8-13-6-7-14(22-5)10-15(13)16/h6-10H,4,11H2,1-3,5H3,(H,20,21). The summed E-state index contributed by atoms with van der Waals surface area (Å²) >= 11 is 0. The Bertz CT molecular complexity index is 733. The zero-order chi connectivity index (χ0) is 17.0. The van der Waals surface area contributed by atoms with E-state index < -0.39 is 11.7 Å². The largest absolute Gasteiger partial charge is 0.497 e. The lowest BCUT2D eigenvalue weighted by molar-refractivity contribution is 0.0636. The van der Waals surface area contributed by atoms with E-state index >= 15 is 0 Å². The molecule has 0 saturated heterocycles. The molecule has 0 aliphatic heterocycles. The van der Waals surface area contributed by atoms with E-state index in [-0.39, 0.29) is 0 Å². The second kappa shape index (κ2) is 6.69. The van der Waals surface area contributed by atoms with Gasteiger partial charge in [0.25, 0.3) is 0 Å². The molecule has 0 fully saturated rings. The van der Waals surface area contributed by atoms with Crippen molar-refractivity contribution < 1.29 is 14.3 Å². The van der Waals surface area contributed by atoms with Crippen LogP contribution in [0.5, 0.6) is 5.75 Å². The zero-order valence-electron chi connectivity index (χ0n) is 14.0. The highest BCUT2D eigenvalue weighted by Gasteiger charge is 2.17. The zero-order valence-corrected chi connectivity index (χ0v) is 14.0. The maximum atomic E-state index is 12.1. The molecule has 0 bridgehead atoms. The van der Waals surface area contributed by atoms with E-state index in [2.05, 4.69) is 17.0 Å². The van der Waals surface area contributed by atoms with Gasteiger partial charge in [0.2, 0.25) is 0 Å². The summed E-state index contributed by atoms with van der Waals surface area (Å²) in [6.07, 6.45) is -0.495. The van der Waals surface area contributed by atoms with Gasteiger partial charge in [-0.1, -0.05) is 6.07 Å². The molecule has 1 N–H and O–H groups in total. The minimum absolute atomic E-state index is 0.477. The molecule has 0 atom stereocenters. The minimum Gasteiger partial charge on any atom is -0.497 e. The monoisotopic (exact) mass is 314 g/mol. The molecule has 2 aromatic carbocycles. The van der Waals surface area contributed by atoms with Gasteiger partial charge >= 0.3 is 6.09 Å². The number of carbonyl (C=O) groups is 1. The van der Waals surface area contributed by atoms with Crippen molar-refractivity contribution in [2.75, 3.05) is 12.4 Å². The average Bonchev–Trinajstić information content (AvgIpc) is 2.45. The minimum atomic E-state index is -0.558. The van der Waals surface area contributed by atoms with E-state index in [0.29, 0.717) is 12.2 Å². The highest BCUT2D eigenvalue weighted by molar-refractivity contribution is 6.01. The van der Waals surface area contributed by atoms with Crippen LogP contribution < -0.4 is 10.1 Å². The van der Waals surface area contributed by atoms with Gasteiger partial charge in [-0.25, -0.2) is 4.79 Å². The first-order valence-electron chi connectivity index (χ1n) is 7.35. The number of aliphatic imine (C=N–C) groups is 1. The van der Waals surface area contributed by atoms with E-state index in [1.807, 2.05) is 51.1 Å². The number of ether oxygens (including phenoxy) is 2. The summed E-state index contributed by atoms with van der Waals surface area (Å²) in [5.41, 5.74) is 1.07. The molecule has 122 valence electrons. The van der Waals surface area contributed by atoms with E-state index in [4.69, 9.17) is 9.47 Å². The molecule has 5 heteroatoms. The van der Waals surface area contributed by atoms with Crippen LogP contribution in [0.4, 0.5) is 10.5 Å². The summed E-state index contributed by atoms with van der Waals surface area (Å²) in [7, 11) is 1.61. The Morgan fingerprint density at radius 3 is 2.61 bits per heavy atom. The summed E-state index contributed by atoms with van der Waals surface area (Å²) < 4.78 is 10.6. The predicted octanol–water partition coefficient (Wildman–Crippen LogP) is 4.40. The molecule has 5 nitrogen and oxygen atoms in total. The third kappa shape index (κ3) is 4.45. The molecule has 0 unspecified atom stereocenters. The number of hydrogen-bond donors (Lipinski definition) is 1. The van der Waals surface area contributed by atoms with Crippen molar-refractivity contribution in [1.29, 1.82) is 0 Å². The Morgan fingerprint density at radius 1 is 1.26 bits per heavy atom. The van der Waals surface area contributed by atoms with Crippen LogP contribution in [0.25, 0.3) is 10.8 Å². The fourth-order valence-electron chi connectivity index (χ4n) is 2.26. The number of carbonyl (C=O) groups excluding carboxylic acids is 1. The van der Waals surface area contributed by atoms with Crippen molar-refractivity contribution in [2.24, 2.45) is 4.99 Å². The van der Waals surface area contributed by atoms with Gasteiger partial charge < -0.3 is 9.47 Å². The van der Waals surface area contributed by atoms with Gasteiger partial charge in [0.05, 0.1) is 19.3 Å². The average molecular weight is 314 g/mol. The molecule has 23 heavy (non-hydrogen) atoms. The topological polar surface area (TPSA) is 59.9 Å². The molecule has 1 amide bonds. The number of benzene rings is 2. The van der Waals surface area contributed by atoms with Gasteiger partial charge in [-0.15, -0.1) is 0 Å². The Balaban J connectivity index is 2.45. The number of nitrogens with zero attached hydrogens (tertiary/aromatic N) is 1. The molecular weight excluding hydrogens is 292 g/mol. The van der Waals surface area contributed by atoms with Crippen LogP contribution in [0.3, 0.4) is 0 Å². The first-order valence-corrected chi connectivity index (χ1v) is 7.35. The second-order valence-electron chi connectivity index (χ2n) is 6.24. The van der Waals surface area contributed by atoms with E-state index in [1.165, 1.54) is 0 Å². The van der Waals surface area contributed by atoms with Crippen LogP contribution in [0, 0.1) is 0 Å². The Kier molecular flexibility index (Phi) is 4.89. The molecule has 0 heterocycles. The number of hydrogen-bond acceptors (Lipinski definition) is 4. The lowest BCUT2D eigenvalue weighted by Gasteiger charge is -2.20. The second-order valence-corrected chi connectivity index (χ2v) is 6.24. The van der Waals surface area contributed by atoms with Crippen molar-refractivity contribution >= 4 is 29.3 Å². The molecule has 0 aromatic heterocycles. The number of amides is 1. The number of anilines is 1. The fourth-order valence-corrected chi connectivity index (χ4v) is 2.26. The molecule has 0 spiro atoms. The maximum Gasteiger partial charge on any atom is 0.412 e. The van der Waals surface area contributed by atoms with Gasteiger partial charge in [0, 0.05) is 5.39 Å². The van der Waals surface area contributed by atoms with Gasteiger partial charge in [0.1, 0.15) is 11.4 Å². The third-order valence-electron chi connectivity index (χ3n) is 3.15. The van der Waals surface area contributed by atoms with E-state index in [9.17, 15) is 4.79 Å². The van der Waals surface area contributed by atoms with Crippen molar-refractivity contribution in [3.8, 4) is 5.75 Å². The van der Waals surface area contributed by atoms with Gasteiger partial charge in [0.15, 0.2) is 0 Å². The Hall–Kier alpha value is -2.56. The normalized spacial score (nSPS) is 11.1. The van der Waals surface area contributed by atoms with Crippen molar-refractivity contribution in [2.45, 2.75) is 32.9 Å². The first kappa shape index (κ1) is 16.8. The summed E-state index contributed by atoms with van der Waals surface area (Å²) in [5.74, 6) is 0.722. The van der Waals surface area contributed by atoms with Crippen LogP contribution >= 0.6 is 0 Å². The smallest absolute Gasteiger partial charge is 0.412 e. The van der Waals surface area contributed by atoms with Gasteiger partial charge in [-0.05, 0) is 62.7 Å². The van der Waals surface area contributed by atoms with Crippen LogP contribution in [0.1, 0.15) is 26.3 Å². The van der Waals surface area contributed by atoms with Crippen molar-refractivity contribution in [3.63, 3.8) is 0 Å². The van der Waals surface area contributed by atoms with Crippen LogP contribution in [-0.2, 0) is 11.3 Å². The molecule has 0 radical (unpaired) electrons. The lowest BCUT2D eigenvalue weighted by Crippen LogP contribution is -2.27. The van der Waals surface area contributed by atoms with Crippen LogP contribution in [0.2, 0.25) is 0 Å². The fraction of sp³-hybridized carbons (Fsp3) is 0.333. The predicted molar refractivity (Wildman–Crippen MR) is 93.6 cm³/mol. The first-order chi connectivity index (χ1) is 10.8.